The number of hydrogen-bond donors (Lipinski definition) is 0. The molecule has 1 radical (unpaired) electrons. The first-order chi connectivity index (χ1) is 3.50. The topological polar surface area (TPSA) is 12.4 Å². The van der Waals surface area contributed by atoms with E-state index in [2.05, 4.69) is 4.90 Å². The second-order valence-electron chi connectivity index (χ2n) is 1.22. The minimum absolute atomic E-state index is 1.75. The maximum absolute atomic E-state index is 3.85. The van der Waals surface area contributed by atoms with Crippen LogP contribution in [0.1, 0.15) is 0 Å². The normalized spacial score (nSPS) is 16.0. The van der Waals surface area contributed by atoms with Gasteiger partial charge >= 0.3 is 7.41 Å². The lowest BCUT2D eigenvalue weighted by molar-refractivity contribution is 1.90. The van der Waals surface area contributed by atoms with E-state index in [-0.39, 0.29) is 0 Å². The second kappa shape index (κ2) is 2.40. The minimum atomic E-state index is 1.75. The third kappa shape index (κ3) is 1.40. The van der Waals surface area contributed by atoms with E-state index in [0.29, 0.717) is 0 Å². The zero-order valence-electron chi connectivity index (χ0n) is 3.91. The molecule has 1 aliphatic heterocycles. The molecule has 0 aromatic rings. The van der Waals surface area contributed by atoms with Crippen LogP contribution in [0.2, 0.25) is 0 Å². The van der Waals surface area contributed by atoms with Crippen LogP contribution in [0.25, 0.3) is 0 Å². The van der Waals surface area contributed by atoms with Gasteiger partial charge in [0.15, 0.2) is 0 Å². The summed E-state index contributed by atoms with van der Waals surface area (Å²) in [5.74, 6) is 1.89. The Balaban J connectivity index is 2.60. The maximum Gasteiger partial charge on any atom is 0.304 e. The highest BCUT2D eigenvalue weighted by molar-refractivity contribution is 6.41. The molecule has 1 aliphatic rings. The van der Waals surface area contributed by atoms with Gasteiger partial charge in [0, 0.05) is 6.21 Å². The first-order valence-corrected chi connectivity index (χ1v) is 2.18. The van der Waals surface area contributed by atoms with Gasteiger partial charge in [-0.05, 0) is 6.08 Å². The van der Waals surface area contributed by atoms with E-state index in [9.17, 15) is 0 Å². The summed E-state index contributed by atoms with van der Waals surface area (Å²) < 4.78 is 0. The van der Waals surface area contributed by atoms with Gasteiger partial charge in [0.2, 0.25) is 0 Å². The Morgan fingerprint density at radius 1 is 1.14 bits per heavy atom. The van der Waals surface area contributed by atoms with E-state index in [1.165, 1.54) is 0 Å². The van der Waals surface area contributed by atoms with Crippen molar-refractivity contribution in [1.29, 1.82) is 0 Å². The molecule has 0 saturated carbocycles. The van der Waals surface area contributed by atoms with Crippen molar-refractivity contribution in [2.45, 2.75) is 0 Å². The predicted molar refractivity (Wildman–Crippen MR) is 32.5 cm³/mol. The van der Waals surface area contributed by atoms with Crippen molar-refractivity contribution in [3.63, 3.8) is 0 Å². The number of rotatable bonds is 0. The molecule has 1 heterocycles. The lowest BCUT2D eigenvalue weighted by Gasteiger charge is -1.67. The first-order valence-electron chi connectivity index (χ1n) is 2.18. The molecule has 7 heavy (non-hydrogen) atoms. The third-order valence-corrected chi connectivity index (χ3v) is 0.678. The summed E-state index contributed by atoms with van der Waals surface area (Å²) in [6.45, 7) is 0. The van der Waals surface area contributed by atoms with Crippen molar-refractivity contribution in [2.75, 3.05) is 0 Å². The molecule has 0 N–H and O–H groups in total. The summed E-state index contributed by atoms with van der Waals surface area (Å²) >= 11 is 0. The van der Waals surface area contributed by atoms with Crippen LogP contribution in [-0.4, -0.2) is 13.6 Å². The Kier molecular flexibility index (Phi) is 1.50. The van der Waals surface area contributed by atoms with Crippen LogP contribution >= 0.6 is 0 Å². The SMILES string of the molecule is [B]1C=CC=CC=N1. The molecule has 33 valence electrons. The Morgan fingerprint density at radius 2 is 2.14 bits per heavy atom. The molecule has 0 unspecified atom stereocenters. The molecular formula is C5H5BN. The zero-order chi connectivity index (χ0) is 4.95. The monoisotopic (exact) mass is 90.1 g/mol. The molecular weight excluding hydrogens is 84.9 g/mol. The summed E-state index contributed by atoms with van der Waals surface area (Å²) in [5.41, 5.74) is 0. The van der Waals surface area contributed by atoms with E-state index < -0.39 is 0 Å². The Bertz CT molecular complexity index is 110. The van der Waals surface area contributed by atoms with Gasteiger partial charge in [-0.3, -0.25) is 0 Å². The lowest BCUT2D eigenvalue weighted by Crippen LogP contribution is -1.73. The van der Waals surface area contributed by atoms with Crippen LogP contribution in [0.4, 0.5) is 0 Å². The molecule has 1 nitrogen and oxygen atoms in total. The van der Waals surface area contributed by atoms with Crippen LogP contribution in [0, 0.1) is 0 Å². The van der Waals surface area contributed by atoms with Crippen LogP contribution in [0.5, 0.6) is 0 Å². The van der Waals surface area contributed by atoms with Gasteiger partial charge in [-0.1, -0.05) is 18.1 Å². The van der Waals surface area contributed by atoms with Crippen molar-refractivity contribution >= 4 is 13.6 Å². The van der Waals surface area contributed by atoms with E-state index in [4.69, 9.17) is 0 Å². The molecule has 0 fully saturated rings. The fraction of sp³-hybridized carbons (Fsp3) is 0. The summed E-state index contributed by atoms with van der Waals surface area (Å²) in [6.07, 6.45) is 7.51. The van der Waals surface area contributed by atoms with Gasteiger partial charge < -0.3 is 4.90 Å². The minimum Gasteiger partial charge on any atom is -0.349 e. The Morgan fingerprint density at radius 3 is 3.14 bits per heavy atom. The molecule has 0 aromatic heterocycles. The molecule has 0 aromatic carbocycles. The van der Waals surface area contributed by atoms with Crippen LogP contribution in [-0.2, 0) is 0 Å². The van der Waals surface area contributed by atoms with Crippen molar-refractivity contribution < 1.29 is 0 Å². The van der Waals surface area contributed by atoms with Crippen LogP contribution < -0.4 is 0 Å². The summed E-state index contributed by atoms with van der Waals surface area (Å²) in [7, 11) is 1.75. The van der Waals surface area contributed by atoms with Gasteiger partial charge in [0.25, 0.3) is 0 Å². The van der Waals surface area contributed by atoms with Crippen molar-refractivity contribution in [1.82, 2.24) is 0 Å². The third-order valence-electron chi connectivity index (χ3n) is 0.678. The zero-order valence-corrected chi connectivity index (χ0v) is 3.91. The van der Waals surface area contributed by atoms with Gasteiger partial charge in [0.1, 0.15) is 0 Å². The van der Waals surface area contributed by atoms with Gasteiger partial charge in [0.05, 0.1) is 0 Å². The molecule has 1 rings (SSSR count). The standard InChI is InChI=1S/C5H5BN/c1-2-4-6-7-5-3-1/h1-5H. The predicted octanol–water partition coefficient (Wildman–Crippen LogP) is 0.760. The first kappa shape index (κ1) is 4.38. The molecule has 0 saturated heterocycles. The second-order valence-corrected chi connectivity index (χ2v) is 1.22. The highest BCUT2D eigenvalue weighted by Crippen LogP contribution is 1.79. The molecule has 0 spiro atoms. The largest absolute Gasteiger partial charge is 0.349 e. The Hall–Kier alpha value is -0.785. The summed E-state index contributed by atoms with van der Waals surface area (Å²) in [6, 6.07) is 0. The number of nitrogens with zero attached hydrogens (tertiary/aromatic N) is 1. The fourth-order valence-corrected chi connectivity index (χ4v) is 0.377. The number of allylic oxidation sites excluding steroid dienone is 3. The summed E-state index contributed by atoms with van der Waals surface area (Å²) in [5, 5.41) is 0. The van der Waals surface area contributed by atoms with Crippen molar-refractivity contribution in [3.05, 3.63) is 24.2 Å². The van der Waals surface area contributed by atoms with E-state index in [1.807, 2.05) is 24.2 Å². The van der Waals surface area contributed by atoms with E-state index >= 15 is 0 Å². The fourth-order valence-electron chi connectivity index (χ4n) is 0.377. The van der Waals surface area contributed by atoms with Gasteiger partial charge in [-0.2, -0.15) is 0 Å². The Labute approximate surface area is 43.7 Å². The van der Waals surface area contributed by atoms with Crippen molar-refractivity contribution in [3.8, 4) is 0 Å². The quantitative estimate of drug-likeness (QED) is 0.389. The molecule has 0 amide bonds. The molecule has 2 heteroatoms. The van der Waals surface area contributed by atoms with E-state index in [1.54, 1.807) is 13.6 Å². The van der Waals surface area contributed by atoms with Crippen LogP contribution in [0.15, 0.2) is 29.1 Å². The van der Waals surface area contributed by atoms with Crippen molar-refractivity contribution in [2.24, 2.45) is 4.90 Å². The van der Waals surface area contributed by atoms with Crippen LogP contribution in [0.3, 0.4) is 0 Å². The summed E-state index contributed by atoms with van der Waals surface area (Å²) in [4.78, 5) is 3.85. The number of hydrogen-bond acceptors (Lipinski definition) is 1. The molecule has 0 atom stereocenters. The smallest absolute Gasteiger partial charge is 0.304 e. The highest BCUT2D eigenvalue weighted by atomic mass is 14.6. The van der Waals surface area contributed by atoms with E-state index in [0.717, 1.165) is 0 Å². The molecule has 0 bridgehead atoms. The van der Waals surface area contributed by atoms with Gasteiger partial charge in [-0.25, -0.2) is 0 Å². The van der Waals surface area contributed by atoms with Gasteiger partial charge in [-0.15, -0.1) is 0 Å². The highest BCUT2D eigenvalue weighted by Gasteiger charge is 1.75. The lowest BCUT2D eigenvalue weighted by atomic mass is 9.97. The average Bonchev–Trinajstić information content (AvgIpc) is 1.90. The molecule has 0 aliphatic carbocycles. The average molecular weight is 89.9 g/mol. The maximum atomic E-state index is 3.85.